The molecule has 168 valence electrons. The van der Waals surface area contributed by atoms with Crippen molar-refractivity contribution in [3.8, 4) is 16.9 Å². The van der Waals surface area contributed by atoms with Gasteiger partial charge in [-0.3, -0.25) is 9.69 Å². The van der Waals surface area contributed by atoms with Gasteiger partial charge in [0.1, 0.15) is 11.9 Å². The highest BCUT2D eigenvalue weighted by Crippen LogP contribution is 2.33. The normalized spacial score (nSPS) is 16.5. The Morgan fingerprint density at radius 3 is 2.74 bits per heavy atom. The minimum Gasteiger partial charge on any atom is -0.497 e. The van der Waals surface area contributed by atoms with Crippen molar-refractivity contribution in [2.75, 3.05) is 65.4 Å². The summed E-state index contributed by atoms with van der Waals surface area (Å²) >= 11 is 0. The van der Waals surface area contributed by atoms with Crippen LogP contribution in [-0.4, -0.2) is 86.2 Å². The Kier molecular flexibility index (Phi) is 7.81. The van der Waals surface area contributed by atoms with Crippen molar-refractivity contribution >= 4 is 11.9 Å². The largest absolute Gasteiger partial charge is 0.497 e. The van der Waals surface area contributed by atoms with Crippen LogP contribution in [0.15, 0.2) is 30.5 Å². The molecule has 8 nitrogen and oxygen atoms in total. The van der Waals surface area contributed by atoms with Gasteiger partial charge in [0.25, 0.3) is 0 Å². The molecular formula is C23H33N5O3. The number of rotatable bonds is 8. The smallest absolute Gasteiger partial charge is 0.236 e. The Morgan fingerprint density at radius 2 is 2.06 bits per heavy atom. The number of carbonyl (C=O) groups excluding carboxylic acids is 1. The molecule has 0 saturated carbocycles. The Labute approximate surface area is 184 Å². The van der Waals surface area contributed by atoms with Crippen LogP contribution in [0.5, 0.6) is 5.75 Å². The summed E-state index contributed by atoms with van der Waals surface area (Å²) in [6.45, 7) is 7.83. The first-order valence-corrected chi connectivity index (χ1v) is 10.8. The standard InChI is InChI=1S/C23H33N5O3/c1-6-27(7-2)16-21(29)28-11-12-31-20(15-28)22-19(14-24-23(25-22)26(3)4)17-9-8-10-18(13-17)30-5/h8-10,13-14,20H,6-7,11-12,15-16H2,1-5H3. The average molecular weight is 428 g/mol. The van der Waals surface area contributed by atoms with Crippen molar-refractivity contribution in [2.24, 2.45) is 0 Å². The van der Waals surface area contributed by atoms with Crippen LogP contribution >= 0.6 is 0 Å². The first kappa shape index (κ1) is 23.0. The van der Waals surface area contributed by atoms with Gasteiger partial charge in [0.15, 0.2) is 0 Å². The minimum atomic E-state index is -0.322. The molecule has 2 aromatic rings. The lowest BCUT2D eigenvalue weighted by molar-refractivity contribution is -0.140. The van der Waals surface area contributed by atoms with Gasteiger partial charge in [-0.05, 0) is 30.8 Å². The molecule has 31 heavy (non-hydrogen) atoms. The molecule has 0 spiro atoms. The van der Waals surface area contributed by atoms with Crippen LogP contribution in [0.3, 0.4) is 0 Å². The number of benzene rings is 1. The monoisotopic (exact) mass is 427 g/mol. The van der Waals surface area contributed by atoms with E-state index < -0.39 is 0 Å². The van der Waals surface area contributed by atoms with E-state index in [1.807, 2.05) is 54.4 Å². The van der Waals surface area contributed by atoms with Gasteiger partial charge in [0.05, 0.1) is 32.5 Å². The second-order valence-corrected chi connectivity index (χ2v) is 7.76. The lowest BCUT2D eigenvalue weighted by Gasteiger charge is -2.34. The summed E-state index contributed by atoms with van der Waals surface area (Å²) < 4.78 is 11.5. The van der Waals surface area contributed by atoms with Crippen molar-refractivity contribution in [2.45, 2.75) is 20.0 Å². The quantitative estimate of drug-likeness (QED) is 0.641. The Morgan fingerprint density at radius 1 is 1.29 bits per heavy atom. The molecule has 1 aromatic carbocycles. The number of morpholine rings is 1. The van der Waals surface area contributed by atoms with Crippen molar-refractivity contribution in [3.05, 3.63) is 36.2 Å². The molecule has 1 fully saturated rings. The van der Waals surface area contributed by atoms with E-state index in [-0.39, 0.29) is 12.0 Å². The van der Waals surface area contributed by atoms with Crippen LogP contribution in [0.4, 0.5) is 5.95 Å². The molecule has 2 heterocycles. The second kappa shape index (κ2) is 10.5. The van der Waals surface area contributed by atoms with Gasteiger partial charge in [-0.1, -0.05) is 26.0 Å². The van der Waals surface area contributed by atoms with Gasteiger partial charge in [-0.2, -0.15) is 0 Å². The van der Waals surface area contributed by atoms with E-state index >= 15 is 0 Å². The Balaban J connectivity index is 1.92. The van der Waals surface area contributed by atoms with Gasteiger partial charge in [0, 0.05) is 32.4 Å². The molecule has 1 atom stereocenters. The fourth-order valence-corrected chi connectivity index (χ4v) is 3.64. The molecule has 1 aromatic heterocycles. The number of carbonyl (C=O) groups is 1. The van der Waals surface area contributed by atoms with Crippen LogP contribution in [0, 0.1) is 0 Å². The third kappa shape index (κ3) is 5.51. The molecule has 0 N–H and O–H groups in total. The third-order valence-electron chi connectivity index (χ3n) is 5.56. The predicted octanol–water partition coefficient (Wildman–Crippen LogP) is 2.46. The Bertz CT molecular complexity index is 885. The molecule has 1 aliphatic heterocycles. The summed E-state index contributed by atoms with van der Waals surface area (Å²) in [4.78, 5) is 28.1. The van der Waals surface area contributed by atoms with Crippen molar-refractivity contribution in [1.82, 2.24) is 19.8 Å². The summed E-state index contributed by atoms with van der Waals surface area (Å²) in [7, 11) is 5.47. The summed E-state index contributed by atoms with van der Waals surface area (Å²) in [5.41, 5.74) is 2.62. The first-order valence-electron chi connectivity index (χ1n) is 10.8. The molecule has 8 heteroatoms. The number of hydrogen-bond acceptors (Lipinski definition) is 7. The molecule has 3 rings (SSSR count). The van der Waals surface area contributed by atoms with E-state index in [1.54, 1.807) is 7.11 Å². The Hall–Kier alpha value is -2.71. The summed E-state index contributed by atoms with van der Waals surface area (Å²) in [6, 6.07) is 7.82. The van der Waals surface area contributed by atoms with E-state index in [0.29, 0.717) is 32.2 Å². The zero-order valence-corrected chi connectivity index (χ0v) is 19.2. The maximum Gasteiger partial charge on any atom is 0.236 e. The molecule has 1 amide bonds. The lowest BCUT2D eigenvalue weighted by Crippen LogP contribution is -2.46. The fourth-order valence-electron chi connectivity index (χ4n) is 3.64. The number of anilines is 1. The number of hydrogen-bond donors (Lipinski definition) is 0. The van der Waals surface area contributed by atoms with Gasteiger partial charge in [-0.25, -0.2) is 9.97 Å². The van der Waals surface area contributed by atoms with Crippen molar-refractivity contribution in [1.29, 1.82) is 0 Å². The average Bonchev–Trinajstić information content (AvgIpc) is 2.82. The predicted molar refractivity (Wildman–Crippen MR) is 121 cm³/mol. The third-order valence-corrected chi connectivity index (χ3v) is 5.56. The van der Waals surface area contributed by atoms with E-state index in [0.717, 1.165) is 35.7 Å². The summed E-state index contributed by atoms with van der Waals surface area (Å²) in [5.74, 6) is 1.50. The molecule has 0 bridgehead atoms. The molecule has 0 radical (unpaired) electrons. The number of aromatic nitrogens is 2. The number of likely N-dealkylation sites (N-methyl/N-ethyl adjacent to an activating group) is 1. The SMILES string of the molecule is CCN(CC)CC(=O)N1CCOC(c2nc(N(C)C)ncc2-c2cccc(OC)c2)C1. The number of amides is 1. The van der Waals surface area contributed by atoms with Gasteiger partial charge in [0.2, 0.25) is 11.9 Å². The van der Waals surface area contributed by atoms with E-state index in [4.69, 9.17) is 14.5 Å². The highest BCUT2D eigenvalue weighted by atomic mass is 16.5. The molecule has 0 aliphatic carbocycles. The van der Waals surface area contributed by atoms with E-state index in [9.17, 15) is 4.79 Å². The molecule has 1 saturated heterocycles. The highest BCUT2D eigenvalue weighted by molar-refractivity contribution is 5.78. The second-order valence-electron chi connectivity index (χ2n) is 7.76. The van der Waals surface area contributed by atoms with Crippen LogP contribution in [0.25, 0.3) is 11.1 Å². The maximum atomic E-state index is 12.9. The molecular weight excluding hydrogens is 394 g/mol. The highest BCUT2D eigenvalue weighted by Gasteiger charge is 2.29. The van der Waals surface area contributed by atoms with Crippen LogP contribution in [0.1, 0.15) is 25.6 Å². The van der Waals surface area contributed by atoms with Crippen molar-refractivity contribution < 1.29 is 14.3 Å². The van der Waals surface area contributed by atoms with Crippen molar-refractivity contribution in [3.63, 3.8) is 0 Å². The lowest BCUT2D eigenvalue weighted by atomic mass is 10.0. The summed E-state index contributed by atoms with van der Waals surface area (Å²) in [6.07, 6.45) is 1.50. The van der Waals surface area contributed by atoms with Crippen LogP contribution < -0.4 is 9.64 Å². The molecule has 1 aliphatic rings. The van der Waals surface area contributed by atoms with E-state index in [1.165, 1.54) is 0 Å². The fraction of sp³-hybridized carbons (Fsp3) is 0.522. The van der Waals surface area contributed by atoms with Gasteiger partial charge in [-0.15, -0.1) is 0 Å². The zero-order valence-electron chi connectivity index (χ0n) is 19.2. The number of ether oxygens (including phenoxy) is 2. The zero-order chi connectivity index (χ0) is 22.4. The maximum absolute atomic E-state index is 12.9. The minimum absolute atomic E-state index is 0.127. The topological polar surface area (TPSA) is 71.0 Å². The van der Waals surface area contributed by atoms with Gasteiger partial charge < -0.3 is 19.3 Å². The van der Waals surface area contributed by atoms with Crippen LogP contribution in [0.2, 0.25) is 0 Å². The summed E-state index contributed by atoms with van der Waals surface area (Å²) in [5, 5.41) is 0. The number of nitrogens with zero attached hydrogens (tertiary/aromatic N) is 5. The molecule has 1 unspecified atom stereocenters. The number of methoxy groups -OCH3 is 1. The van der Waals surface area contributed by atoms with E-state index in [2.05, 4.69) is 23.7 Å². The van der Waals surface area contributed by atoms with Gasteiger partial charge >= 0.3 is 0 Å². The van der Waals surface area contributed by atoms with Crippen LogP contribution in [-0.2, 0) is 9.53 Å². The first-order chi connectivity index (χ1) is 15.0.